The van der Waals surface area contributed by atoms with Gasteiger partial charge in [0.25, 0.3) is 5.70 Å². The number of ketones is 1. The van der Waals surface area contributed by atoms with E-state index in [2.05, 4.69) is 0 Å². The van der Waals surface area contributed by atoms with Crippen LogP contribution in [0.5, 0.6) is 0 Å². The average Bonchev–Trinajstić information content (AvgIpc) is 2.97. The van der Waals surface area contributed by atoms with E-state index in [0.29, 0.717) is 0 Å². The average molecular weight is 380 g/mol. The summed E-state index contributed by atoms with van der Waals surface area (Å²) in [5, 5.41) is 10.7. The van der Waals surface area contributed by atoms with Gasteiger partial charge in [-0.25, -0.2) is 4.79 Å². The van der Waals surface area contributed by atoms with Crippen molar-refractivity contribution in [1.82, 2.24) is 4.90 Å². The molecule has 2 aliphatic rings. The van der Waals surface area contributed by atoms with Crippen molar-refractivity contribution in [3.8, 4) is 0 Å². The SMILES string of the molecule is CC(=O)[C@@H]1C[C@H](OC(=O)C2C=CC([N+](=O)[O-])=CC2)CN1C(=O)OC(C)(C)C. The normalized spacial score (nSPS) is 25.0. The molecule has 1 heterocycles. The molecule has 1 saturated heterocycles. The molecule has 1 aliphatic carbocycles. The highest BCUT2D eigenvalue weighted by molar-refractivity contribution is 5.86. The minimum atomic E-state index is -0.708. The molecule has 1 fully saturated rings. The number of esters is 1. The van der Waals surface area contributed by atoms with E-state index in [-0.39, 0.29) is 30.9 Å². The Balaban J connectivity index is 1.99. The maximum Gasteiger partial charge on any atom is 0.411 e. The molecular formula is C18H24N2O7. The molecule has 0 bridgehead atoms. The lowest BCUT2D eigenvalue weighted by Gasteiger charge is -2.27. The van der Waals surface area contributed by atoms with Gasteiger partial charge in [-0.05, 0) is 40.2 Å². The van der Waals surface area contributed by atoms with E-state index in [0.717, 1.165) is 0 Å². The van der Waals surface area contributed by atoms with Crippen LogP contribution in [0.1, 0.15) is 40.5 Å². The Kier molecular flexibility index (Phi) is 6.02. The van der Waals surface area contributed by atoms with Crippen LogP contribution in [0.25, 0.3) is 0 Å². The number of hydrogen-bond donors (Lipinski definition) is 0. The van der Waals surface area contributed by atoms with Gasteiger partial charge in [-0.2, -0.15) is 0 Å². The van der Waals surface area contributed by atoms with Crippen LogP contribution in [-0.4, -0.2) is 52.0 Å². The van der Waals surface area contributed by atoms with Gasteiger partial charge in [-0.3, -0.25) is 24.6 Å². The Morgan fingerprint density at radius 2 is 1.96 bits per heavy atom. The quantitative estimate of drug-likeness (QED) is 0.417. The van der Waals surface area contributed by atoms with Gasteiger partial charge >= 0.3 is 12.1 Å². The van der Waals surface area contributed by atoms with Crippen molar-refractivity contribution in [2.24, 2.45) is 5.92 Å². The van der Waals surface area contributed by atoms with Gasteiger partial charge in [0.2, 0.25) is 0 Å². The number of ether oxygens (including phenoxy) is 2. The van der Waals surface area contributed by atoms with E-state index >= 15 is 0 Å². The lowest BCUT2D eigenvalue weighted by molar-refractivity contribution is -0.419. The van der Waals surface area contributed by atoms with Crippen molar-refractivity contribution < 1.29 is 28.8 Å². The number of nitrogens with zero attached hydrogens (tertiary/aromatic N) is 2. The monoisotopic (exact) mass is 380 g/mol. The third-order valence-corrected chi connectivity index (χ3v) is 4.24. The summed E-state index contributed by atoms with van der Waals surface area (Å²) >= 11 is 0. The second-order valence-corrected chi connectivity index (χ2v) is 7.64. The number of likely N-dealkylation sites (tertiary alicyclic amines) is 1. The van der Waals surface area contributed by atoms with Gasteiger partial charge < -0.3 is 9.47 Å². The maximum absolute atomic E-state index is 12.3. The first-order valence-corrected chi connectivity index (χ1v) is 8.71. The summed E-state index contributed by atoms with van der Waals surface area (Å²) in [5.41, 5.74) is -0.770. The summed E-state index contributed by atoms with van der Waals surface area (Å²) in [5.74, 6) is -1.38. The molecule has 0 aromatic rings. The lowest BCUT2D eigenvalue weighted by atomic mass is 9.99. The summed E-state index contributed by atoms with van der Waals surface area (Å²) < 4.78 is 10.8. The van der Waals surface area contributed by atoms with Crippen molar-refractivity contribution in [2.45, 2.75) is 58.3 Å². The van der Waals surface area contributed by atoms with Crippen LogP contribution in [0.15, 0.2) is 23.9 Å². The topological polar surface area (TPSA) is 116 Å². The third-order valence-electron chi connectivity index (χ3n) is 4.24. The van der Waals surface area contributed by atoms with Gasteiger partial charge in [0.15, 0.2) is 5.78 Å². The highest BCUT2D eigenvalue weighted by Gasteiger charge is 2.42. The van der Waals surface area contributed by atoms with E-state index < -0.39 is 40.7 Å². The van der Waals surface area contributed by atoms with Gasteiger partial charge in [0.05, 0.1) is 23.4 Å². The third kappa shape index (κ3) is 5.38. The highest BCUT2D eigenvalue weighted by Crippen LogP contribution is 2.26. The molecule has 9 heteroatoms. The zero-order chi connectivity index (χ0) is 20.4. The number of carbonyl (C=O) groups excluding carboxylic acids is 3. The number of Topliss-reactive ketones (excluding diaryl/α,β-unsaturated/α-hetero) is 1. The molecule has 2 rings (SSSR count). The minimum Gasteiger partial charge on any atom is -0.460 e. The number of amides is 1. The van der Waals surface area contributed by atoms with Crippen LogP contribution in [0.3, 0.4) is 0 Å². The van der Waals surface area contributed by atoms with Crippen molar-refractivity contribution in [1.29, 1.82) is 0 Å². The Labute approximate surface area is 157 Å². The number of carbonyl (C=O) groups is 3. The zero-order valence-electron chi connectivity index (χ0n) is 15.8. The number of hydrogen-bond acceptors (Lipinski definition) is 7. The van der Waals surface area contributed by atoms with Crippen LogP contribution < -0.4 is 0 Å². The maximum atomic E-state index is 12.3. The predicted octanol–water partition coefficient (Wildman–Crippen LogP) is 2.23. The van der Waals surface area contributed by atoms with Gasteiger partial charge in [0.1, 0.15) is 11.7 Å². The van der Waals surface area contributed by atoms with E-state index in [1.165, 1.54) is 30.1 Å². The summed E-state index contributed by atoms with van der Waals surface area (Å²) in [7, 11) is 0. The van der Waals surface area contributed by atoms with Crippen molar-refractivity contribution in [3.63, 3.8) is 0 Å². The molecular weight excluding hydrogens is 356 g/mol. The fourth-order valence-corrected chi connectivity index (χ4v) is 2.96. The summed E-state index contributed by atoms with van der Waals surface area (Å²) in [6.45, 7) is 6.62. The van der Waals surface area contributed by atoms with E-state index in [1.807, 2.05) is 0 Å². The molecule has 0 radical (unpaired) electrons. The van der Waals surface area contributed by atoms with Crippen molar-refractivity contribution >= 4 is 17.8 Å². The van der Waals surface area contributed by atoms with E-state index in [1.54, 1.807) is 20.8 Å². The summed E-state index contributed by atoms with van der Waals surface area (Å²) in [4.78, 5) is 48.0. The molecule has 0 N–H and O–H groups in total. The Morgan fingerprint density at radius 3 is 2.44 bits per heavy atom. The van der Waals surface area contributed by atoms with Crippen LogP contribution in [0.2, 0.25) is 0 Å². The Hall–Kier alpha value is -2.71. The first-order chi connectivity index (χ1) is 12.5. The van der Waals surface area contributed by atoms with Crippen molar-refractivity contribution in [2.75, 3.05) is 6.54 Å². The number of nitro groups is 1. The predicted molar refractivity (Wildman–Crippen MR) is 94.2 cm³/mol. The molecule has 9 nitrogen and oxygen atoms in total. The van der Waals surface area contributed by atoms with Crippen LogP contribution in [0.4, 0.5) is 4.79 Å². The molecule has 0 spiro atoms. The number of allylic oxidation sites excluding steroid dienone is 2. The van der Waals surface area contributed by atoms with Gasteiger partial charge in [-0.1, -0.05) is 6.08 Å². The molecule has 0 saturated carbocycles. The Bertz CT molecular complexity index is 705. The zero-order valence-corrected chi connectivity index (χ0v) is 15.8. The summed E-state index contributed by atoms with van der Waals surface area (Å²) in [6.07, 6.45) is 3.19. The van der Waals surface area contributed by atoms with Gasteiger partial charge in [-0.15, -0.1) is 0 Å². The van der Waals surface area contributed by atoms with Crippen LogP contribution in [0, 0.1) is 16.0 Å². The minimum absolute atomic E-state index is 0.0624. The van der Waals surface area contributed by atoms with Crippen molar-refractivity contribution in [3.05, 3.63) is 34.0 Å². The molecule has 1 amide bonds. The number of rotatable bonds is 4. The van der Waals surface area contributed by atoms with Crippen LogP contribution in [-0.2, 0) is 19.1 Å². The molecule has 1 unspecified atom stereocenters. The standard InChI is InChI=1S/C18H24N2O7/c1-11(21)15-9-14(10-19(15)17(23)27-18(2,3)4)26-16(22)12-5-7-13(8-6-12)20(24)25/h5,7-8,12,14-15H,6,9-10H2,1-4H3/t12?,14-,15-/m0/s1. The van der Waals surface area contributed by atoms with E-state index in [4.69, 9.17) is 9.47 Å². The van der Waals surface area contributed by atoms with Gasteiger partial charge in [0, 0.05) is 12.5 Å². The molecule has 27 heavy (non-hydrogen) atoms. The Morgan fingerprint density at radius 1 is 1.30 bits per heavy atom. The second-order valence-electron chi connectivity index (χ2n) is 7.64. The molecule has 1 aliphatic heterocycles. The largest absolute Gasteiger partial charge is 0.460 e. The molecule has 0 aromatic carbocycles. The summed E-state index contributed by atoms with van der Waals surface area (Å²) in [6, 6.07) is -0.708. The first-order valence-electron chi connectivity index (χ1n) is 8.71. The lowest BCUT2D eigenvalue weighted by Crippen LogP contribution is -2.43. The smallest absolute Gasteiger partial charge is 0.411 e. The second kappa shape index (κ2) is 7.89. The van der Waals surface area contributed by atoms with E-state index in [9.17, 15) is 24.5 Å². The molecule has 3 atom stereocenters. The highest BCUT2D eigenvalue weighted by atomic mass is 16.6. The first kappa shape index (κ1) is 20.6. The molecule has 0 aromatic heterocycles. The fourth-order valence-electron chi connectivity index (χ4n) is 2.96. The van der Waals surface area contributed by atoms with Crippen LogP contribution >= 0.6 is 0 Å². The molecule has 148 valence electrons. The fraction of sp³-hybridized carbons (Fsp3) is 0.611.